The van der Waals surface area contributed by atoms with Gasteiger partial charge in [-0.2, -0.15) is 0 Å². The van der Waals surface area contributed by atoms with Gasteiger partial charge in [0.1, 0.15) is 35.8 Å². The van der Waals surface area contributed by atoms with E-state index in [0.717, 1.165) is 34.3 Å². The molecule has 1 aromatic heterocycles. The molecule has 0 aliphatic heterocycles. The first-order valence-electron chi connectivity index (χ1n) is 12.3. The molecule has 2 unspecified atom stereocenters. The summed E-state index contributed by atoms with van der Waals surface area (Å²) in [5.74, 6) is 2.91. The highest BCUT2D eigenvalue weighted by Crippen LogP contribution is 2.27. The zero-order valence-electron chi connectivity index (χ0n) is 21.2. The van der Waals surface area contributed by atoms with Crippen LogP contribution < -0.4 is 14.8 Å². The van der Waals surface area contributed by atoms with Gasteiger partial charge in [-0.1, -0.05) is 18.5 Å². The molecule has 0 bridgehead atoms. The van der Waals surface area contributed by atoms with Crippen LogP contribution in [0.25, 0.3) is 16.9 Å². The number of aromatic nitrogens is 2. The lowest BCUT2D eigenvalue weighted by molar-refractivity contribution is 0.0282. The highest BCUT2D eigenvalue weighted by molar-refractivity contribution is 6.30. The monoisotopic (exact) mass is 521 g/mol. The van der Waals surface area contributed by atoms with Crippen molar-refractivity contribution >= 4 is 11.6 Å². The van der Waals surface area contributed by atoms with E-state index >= 15 is 0 Å². The number of imidazole rings is 1. The summed E-state index contributed by atoms with van der Waals surface area (Å²) in [6.07, 6.45) is 0.884. The molecule has 4 aromatic rings. The maximum Gasteiger partial charge on any atom is 0.175 e. The van der Waals surface area contributed by atoms with E-state index in [4.69, 9.17) is 30.8 Å². The molecule has 37 heavy (non-hydrogen) atoms. The molecule has 0 saturated heterocycles. The lowest BCUT2D eigenvalue weighted by atomic mass is 10.1. The van der Waals surface area contributed by atoms with E-state index < -0.39 is 12.3 Å². The largest absolute Gasteiger partial charge is 0.473 e. The van der Waals surface area contributed by atoms with Gasteiger partial charge in [-0.05, 0) is 93.2 Å². The number of rotatable bonds is 12. The Kier molecular flexibility index (Phi) is 9.19. The van der Waals surface area contributed by atoms with Crippen molar-refractivity contribution in [1.29, 1.82) is 0 Å². The Labute approximate surface area is 222 Å². The minimum absolute atomic E-state index is 0.388. The van der Waals surface area contributed by atoms with Crippen molar-refractivity contribution in [3.05, 3.63) is 89.8 Å². The highest BCUT2D eigenvalue weighted by Gasteiger charge is 2.16. The first-order chi connectivity index (χ1) is 18.0. The molecule has 194 valence electrons. The molecule has 8 heteroatoms. The summed E-state index contributed by atoms with van der Waals surface area (Å²) in [4.78, 5) is 4.84. The number of hydrogen-bond donors (Lipinski definition) is 2. The minimum atomic E-state index is -0.639. The predicted molar refractivity (Wildman–Crippen MR) is 146 cm³/mol. The molecule has 2 atom stereocenters. The number of aliphatic hydroxyl groups is 1. The third-order valence-electron chi connectivity index (χ3n) is 5.64. The van der Waals surface area contributed by atoms with Gasteiger partial charge in [0.05, 0.1) is 5.69 Å². The average molecular weight is 522 g/mol. The zero-order valence-corrected chi connectivity index (χ0v) is 22.0. The molecule has 0 saturated carbocycles. The maximum absolute atomic E-state index is 9.93. The summed E-state index contributed by atoms with van der Waals surface area (Å²) in [5, 5.41) is 13.7. The van der Waals surface area contributed by atoms with Crippen LogP contribution in [0.15, 0.2) is 79.0 Å². The second kappa shape index (κ2) is 12.7. The Bertz CT molecular complexity index is 1260. The number of nitrogens with zero attached hydrogens (tertiary/aromatic N) is 2. The van der Waals surface area contributed by atoms with Crippen LogP contribution >= 0.6 is 11.6 Å². The molecule has 2 N–H and O–H groups in total. The van der Waals surface area contributed by atoms with Crippen LogP contribution in [0.1, 0.15) is 26.6 Å². The Balaban J connectivity index is 1.54. The van der Waals surface area contributed by atoms with Crippen LogP contribution in [0.2, 0.25) is 5.02 Å². The Hall–Kier alpha value is -3.36. The quantitative estimate of drug-likeness (QED) is 0.216. The second-order valence-corrected chi connectivity index (χ2v) is 8.90. The number of halogens is 1. The van der Waals surface area contributed by atoms with Crippen molar-refractivity contribution in [3.63, 3.8) is 0 Å². The molecule has 1 heterocycles. The zero-order chi connectivity index (χ0) is 26.2. The maximum atomic E-state index is 9.93. The van der Waals surface area contributed by atoms with Gasteiger partial charge >= 0.3 is 0 Å². The fourth-order valence-electron chi connectivity index (χ4n) is 3.75. The number of aliphatic hydroxyl groups excluding tert-OH is 1. The summed E-state index contributed by atoms with van der Waals surface area (Å²) >= 11 is 5.96. The summed E-state index contributed by atoms with van der Waals surface area (Å²) in [6, 6.07) is 22.8. The highest BCUT2D eigenvalue weighted by atomic mass is 35.5. The van der Waals surface area contributed by atoms with Crippen LogP contribution in [-0.4, -0.2) is 40.1 Å². The van der Waals surface area contributed by atoms with Crippen molar-refractivity contribution in [2.24, 2.45) is 0 Å². The topological polar surface area (TPSA) is 77.8 Å². The summed E-state index contributed by atoms with van der Waals surface area (Å²) in [7, 11) is 0. The van der Waals surface area contributed by atoms with Crippen molar-refractivity contribution < 1.29 is 19.3 Å². The van der Waals surface area contributed by atoms with Crippen LogP contribution in [0, 0.1) is 0 Å². The summed E-state index contributed by atoms with van der Waals surface area (Å²) in [5.41, 5.74) is 2.72. The van der Waals surface area contributed by atoms with E-state index in [9.17, 15) is 5.11 Å². The molecule has 0 aliphatic carbocycles. The van der Waals surface area contributed by atoms with Gasteiger partial charge in [-0.3, -0.25) is 5.32 Å². The standard InChI is InChI=1S/C29H32ClN3O4/c1-4-31-29(20(3)34)37-26-12-6-21(7-13-26)27-18-33(28(32-27)19-35-5-2)23-10-16-25(17-11-23)36-24-14-8-22(30)9-15-24/h6-18,20,29,31,34H,4-5,19H2,1-3H3. The molecule has 0 spiro atoms. The van der Waals surface area contributed by atoms with Crippen LogP contribution in [0.5, 0.6) is 17.2 Å². The lowest BCUT2D eigenvalue weighted by Crippen LogP contribution is -2.42. The Morgan fingerprint density at radius 1 is 0.919 bits per heavy atom. The Morgan fingerprint density at radius 2 is 1.54 bits per heavy atom. The fraction of sp³-hybridized carbons (Fsp3) is 0.276. The number of likely N-dealkylation sites (N-methyl/N-ethyl adjacent to an activating group) is 1. The molecular formula is C29H32ClN3O4. The first kappa shape index (κ1) is 26.7. The molecule has 0 radical (unpaired) electrons. The van der Waals surface area contributed by atoms with Crippen LogP contribution in [0.4, 0.5) is 0 Å². The summed E-state index contributed by atoms with van der Waals surface area (Å²) < 4.78 is 19.5. The molecule has 0 amide bonds. The molecule has 0 fully saturated rings. The van der Waals surface area contributed by atoms with Crippen LogP contribution in [0.3, 0.4) is 0 Å². The minimum Gasteiger partial charge on any atom is -0.473 e. The van der Waals surface area contributed by atoms with Crippen molar-refractivity contribution in [3.8, 4) is 34.2 Å². The van der Waals surface area contributed by atoms with Crippen molar-refractivity contribution in [2.45, 2.75) is 39.7 Å². The summed E-state index contributed by atoms with van der Waals surface area (Å²) in [6.45, 7) is 7.31. The van der Waals surface area contributed by atoms with Crippen molar-refractivity contribution in [2.75, 3.05) is 13.2 Å². The molecule has 3 aromatic carbocycles. The van der Waals surface area contributed by atoms with Crippen LogP contribution in [-0.2, 0) is 11.3 Å². The fourth-order valence-corrected chi connectivity index (χ4v) is 3.88. The second-order valence-electron chi connectivity index (χ2n) is 8.46. The smallest absolute Gasteiger partial charge is 0.175 e. The van der Waals surface area contributed by atoms with Gasteiger partial charge in [-0.25, -0.2) is 4.98 Å². The lowest BCUT2D eigenvalue weighted by Gasteiger charge is -2.22. The number of nitrogens with one attached hydrogen (secondary N) is 1. The normalized spacial score (nSPS) is 12.8. The molecule has 0 aliphatic rings. The van der Waals surface area contributed by atoms with E-state index in [1.807, 2.05) is 85.3 Å². The molecular weight excluding hydrogens is 490 g/mol. The number of benzene rings is 3. The van der Waals surface area contributed by atoms with Gasteiger partial charge in [0.2, 0.25) is 0 Å². The molecule has 7 nitrogen and oxygen atoms in total. The van der Waals surface area contributed by atoms with Gasteiger partial charge in [-0.15, -0.1) is 0 Å². The average Bonchev–Trinajstić information content (AvgIpc) is 3.33. The Morgan fingerprint density at radius 3 is 2.14 bits per heavy atom. The SMILES string of the molecule is CCNC(Oc1ccc(-c2cn(-c3ccc(Oc4ccc(Cl)cc4)cc3)c(COCC)n2)cc1)C(C)O. The van der Waals surface area contributed by atoms with Gasteiger partial charge in [0.15, 0.2) is 6.23 Å². The van der Waals surface area contributed by atoms with E-state index in [0.29, 0.717) is 30.5 Å². The van der Waals surface area contributed by atoms with Crippen molar-refractivity contribution in [1.82, 2.24) is 14.9 Å². The van der Waals surface area contributed by atoms with E-state index in [2.05, 4.69) is 5.32 Å². The van der Waals surface area contributed by atoms with Gasteiger partial charge < -0.3 is 23.9 Å². The third-order valence-corrected chi connectivity index (χ3v) is 5.89. The van der Waals surface area contributed by atoms with E-state index in [1.165, 1.54) is 0 Å². The number of hydrogen-bond acceptors (Lipinski definition) is 6. The predicted octanol–water partition coefficient (Wildman–Crippen LogP) is 6.22. The first-order valence-corrected chi connectivity index (χ1v) is 12.7. The van der Waals surface area contributed by atoms with Gasteiger partial charge in [0.25, 0.3) is 0 Å². The van der Waals surface area contributed by atoms with Gasteiger partial charge in [0, 0.05) is 29.1 Å². The van der Waals surface area contributed by atoms with E-state index in [1.54, 1.807) is 19.1 Å². The molecule has 4 rings (SSSR count). The third kappa shape index (κ3) is 7.11. The number of ether oxygens (including phenoxy) is 3. The van der Waals surface area contributed by atoms with E-state index in [-0.39, 0.29) is 0 Å².